The third kappa shape index (κ3) is 5.08. The molecule has 3 N–H and O–H groups in total. The summed E-state index contributed by atoms with van der Waals surface area (Å²) < 4.78 is 0. The predicted molar refractivity (Wildman–Crippen MR) is 107 cm³/mol. The number of carbonyl (C=O) groups excluding carboxylic acids is 3. The maximum absolute atomic E-state index is 12.3. The Hall–Kier alpha value is -2.45. The van der Waals surface area contributed by atoms with Crippen LogP contribution in [0.5, 0.6) is 0 Å². The molecular formula is C19H21ClN4O3S. The van der Waals surface area contributed by atoms with Crippen molar-refractivity contribution in [2.75, 3.05) is 6.54 Å². The third-order valence-corrected chi connectivity index (χ3v) is 6.14. The number of nitrogens with one attached hydrogen (secondary N) is 3. The van der Waals surface area contributed by atoms with Crippen LogP contribution in [-0.2, 0) is 17.6 Å². The SMILES string of the molecule is CC[C@H]1CCc2sc(C(=O)NNC(=O)CNC(=O)c3cc(Cl)ccn3)cc2C1. The average molecular weight is 421 g/mol. The van der Waals surface area contributed by atoms with E-state index in [1.165, 1.54) is 34.0 Å². The number of halogens is 1. The fourth-order valence-corrected chi connectivity index (χ4v) is 4.34. The molecule has 0 saturated carbocycles. The molecule has 2 heterocycles. The molecule has 2 aromatic heterocycles. The summed E-state index contributed by atoms with van der Waals surface area (Å²) in [5.74, 6) is -0.754. The molecule has 2 aromatic rings. The second-order valence-corrected chi connectivity index (χ2v) is 8.19. The van der Waals surface area contributed by atoms with Crippen LogP contribution in [0.15, 0.2) is 24.4 Å². The number of amides is 3. The normalized spacial score (nSPS) is 15.4. The summed E-state index contributed by atoms with van der Waals surface area (Å²) in [6.45, 7) is 1.89. The van der Waals surface area contributed by atoms with E-state index in [9.17, 15) is 14.4 Å². The van der Waals surface area contributed by atoms with E-state index in [0.717, 1.165) is 25.7 Å². The molecule has 9 heteroatoms. The minimum absolute atomic E-state index is 0.110. The van der Waals surface area contributed by atoms with Crippen LogP contribution in [0.25, 0.3) is 0 Å². The van der Waals surface area contributed by atoms with Crippen molar-refractivity contribution < 1.29 is 14.4 Å². The van der Waals surface area contributed by atoms with E-state index in [4.69, 9.17) is 11.6 Å². The fourth-order valence-electron chi connectivity index (χ4n) is 3.07. The van der Waals surface area contributed by atoms with Gasteiger partial charge in [0, 0.05) is 16.1 Å². The number of thiophene rings is 1. The fraction of sp³-hybridized carbons (Fsp3) is 0.368. The van der Waals surface area contributed by atoms with Crippen molar-refractivity contribution in [2.24, 2.45) is 5.92 Å². The van der Waals surface area contributed by atoms with Gasteiger partial charge in [-0.15, -0.1) is 11.3 Å². The van der Waals surface area contributed by atoms with E-state index in [-0.39, 0.29) is 18.1 Å². The number of aryl methyl sites for hydroxylation is 1. The summed E-state index contributed by atoms with van der Waals surface area (Å²) in [6.07, 6.45) is 5.71. The van der Waals surface area contributed by atoms with Crippen molar-refractivity contribution in [1.82, 2.24) is 21.2 Å². The first kappa shape index (κ1) is 20.3. The Balaban J connectivity index is 1.46. The molecule has 0 unspecified atom stereocenters. The summed E-state index contributed by atoms with van der Waals surface area (Å²) in [5.41, 5.74) is 6.04. The first-order valence-electron chi connectivity index (χ1n) is 9.06. The zero-order valence-corrected chi connectivity index (χ0v) is 17.0. The smallest absolute Gasteiger partial charge is 0.279 e. The molecule has 1 atom stereocenters. The van der Waals surface area contributed by atoms with E-state index in [0.29, 0.717) is 15.8 Å². The number of rotatable bonds is 5. The molecule has 148 valence electrons. The topological polar surface area (TPSA) is 100 Å². The molecular weight excluding hydrogens is 400 g/mol. The number of fused-ring (bicyclic) bond motifs is 1. The minimum Gasteiger partial charge on any atom is -0.342 e. The van der Waals surface area contributed by atoms with E-state index in [2.05, 4.69) is 28.1 Å². The third-order valence-electron chi connectivity index (χ3n) is 4.67. The minimum atomic E-state index is -0.545. The standard InChI is InChI=1S/C19H21ClN4O3S/c1-2-11-3-4-15-12(7-11)8-16(28-15)19(27)24-23-17(25)10-22-18(26)14-9-13(20)5-6-21-14/h5-6,8-9,11H,2-4,7,10H2,1H3,(H,22,26)(H,23,25)(H,24,27)/t11-/m0/s1. The van der Waals surface area contributed by atoms with Gasteiger partial charge in [-0.2, -0.15) is 0 Å². The number of pyridine rings is 1. The molecule has 0 spiro atoms. The zero-order chi connectivity index (χ0) is 20.1. The second kappa shape index (κ2) is 9.16. The maximum atomic E-state index is 12.3. The highest BCUT2D eigenvalue weighted by Crippen LogP contribution is 2.33. The molecule has 7 nitrogen and oxygen atoms in total. The molecule has 3 amide bonds. The summed E-state index contributed by atoms with van der Waals surface area (Å²) in [6, 6.07) is 4.86. The van der Waals surface area contributed by atoms with Gasteiger partial charge in [-0.25, -0.2) is 0 Å². The summed E-state index contributed by atoms with van der Waals surface area (Å²) in [7, 11) is 0. The monoisotopic (exact) mass is 420 g/mol. The number of hydrazine groups is 1. The summed E-state index contributed by atoms with van der Waals surface area (Å²) in [4.78, 5) is 41.8. The van der Waals surface area contributed by atoms with Gasteiger partial charge in [0.05, 0.1) is 11.4 Å². The van der Waals surface area contributed by atoms with Gasteiger partial charge in [0.25, 0.3) is 17.7 Å². The van der Waals surface area contributed by atoms with Crippen molar-refractivity contribution in [3.8, 4) is 0 Å². The lowest BCUT2D eigenvalue weighted by Crippen LogP contribution is -2.46. The number of aromatic nitrogens is 1. The lowest BCUT2D eigenvalue weighted by atomic mass is 9.87. The Kier molecular flexibility index (Phi) is 6.64. The van der Waals surface area contributed by atoms with Gasteiger partial charge < -0.3 is 5.32 Å². The molecule has 0 fully saturated rings. The predicted octanol–water partition coefficient (Wildman–Crippen LogP) is 2.50. The van der Waals surface area contributed by atoms with Crippen molar-refractivity contribution in [1.29, 1.82) is 0 Å². The number of nitrogens with zero attached hydrogens (tertiary/aromatic N) is 1. The lowest BCUT2D eigenvalue weighted by molar-refractivity contribution is -0.120. The van der Waals surface area contributed by atoms with Gasteiger partial charge in [0.2, 0.25) is 0 Å². The van der Waals surface area contributed by atoms with E-state index < -0.39 is 11.8 Å². The van der Waals surface area contributed by atoms with E-state index in [1.54, 1.807) is 6.07 Å². The molecule has 0 aromatic carbocycles. The van der Waals surface area contributed by atoms with Crippen molar-refractivity contribution in [3.05, 3.63) is 50.4 Å². The highest BCUT2D eigenvalue weighted by Gasteiger charge is 2.22. The Morgan fingerprint density at radius 2 is 2.07 bits per heavy atom. The molecule has 0 radical (unpaired) electrons. The van der Waals surface area contributed by atoms with Crippen LogP contribution in [0.2, 0.25) is 5.02 Å². The Morgan fingerprint density at radius 3 is 2.82 bits per heavy atom. The number of hydrogen-bond donors (Lipinski definition) is 3. The Bertz CT molecular complexity index is 899. The highest BCUT2D eigenvalue weighted by atomic mass is 35.5. The quantitative estimate of drug-likeness (QED) is 0.647. The first-order valence-corrected chi connectivity index (χ1v) is 10.3. The van der Waals surface area contributed by atoms with Crippen molar-refractivity contribution in [2.45, 2.75) is 32.6 Å². The Morgan fingerprint density at radius 1 is 1.25 bits per heavy atom. The van der Waals surface area contributed by atoms with E-state index in [1.807, 2.05) is 6.07 Å². The van der Waals surface area contributed by atoms with Crippen LogP contribution < -0.4 is 16.2 Å². The highest BCUT2D eigenvalue weighted by molar-refractivity contribution is 7.14. The van der Waals surface area contributed by atoms with E-state index >= 15 is 0 Å². The molecule has 1 aliphatic rings. The first-order chi connectivity index (χ1) is 13.5. The molecule has 1 aliphatic carbocycles. The molecule has 3 rings (SSSR count). The van der Waals surface area contributed by atoms with Crippen molar-refractivity contribution >= 4 is 40.7 Å². The summed E-state index contributed by atoms with van der Waals surface area (Å²) >= 11 is 7.27. The van der Waals surface area contributed by atoms with Gasteiger partial charge in [0.15, 0.2) is 0 Å². The van der Waals surface area contributed by atoms with Gasteiger partial charge in [-0.3, -0.25) is 30.2 Å². The number of hydrogen-bond acceptors (Lipinski definition) is 5. The van der Waals surface area contributed by atoms with Gasteiger partial charge >= 0.3 is 0 Å². The summed E-state index contributed by atoms with van der Waals surface area (Å²) in [5, 5.41) is 2.80. The van der Waals surface area contributed by atoms with Crippen LogP contribution in [0, 0.1) is 5.92 Å². The van der Waals surface area contributed by atoms with Crippen LogP contribution >= 0.6 is 22.9 Å². The van der Waals surface area contributed by atoms with Crippen LogP contribution in [0.1, 0.15) is 50.4 Å². The largest absolute Gasteiger partial charge is 0.342 e. The molecule has 28 heavy (non-hydrogen) atoms. The Labute approximate surface area is 171 Å². The lowest BCUT2D eigenvalue weighted by Gasteiger charge is -2.19. The van der Waals surface area contributed by atoms with Gasteiger partial charge in [-0.1, -0.05) is 24.9 Å². The molecule has 0 bridgehead atoms. The van der Waals surface area contributed by atoms with Crippen LogP contribution in [0.3, 0.4) is 0 Å². The zero-order valence-electron chi connectivity index (χ0n) is 15.4. The van der Waals surface area contributed by atoms with Crippen LogP contribution in [0.4, 0.5) is 0 Å². The average Bonchev–Trinajstić information content (AvgIpc) is 3.13. The molecule has 0 aliphatic heterocycles. The maximum Gasteiger partial charge on any atom is 0.279 e. The van der Waals surface area contributed by atoms with Gasteiger partial charge in [0.1, 0.15) is 5.69 Å². The van der Waals surface area contributed by atoms with Crippen LogP contribution in [-0.4, -0.2) is 29.3 Å². The van der Waals surface area contributed by atoms with Crippen molar-refractivity contribution in [3.63, 3.8) is 0 Å². The second-order valence-electron chi connectivity index (χ2n) is 6.62. The van der Waals surface area contributed by atoms with Gasteiger partial charge in [-0.05, 0) is 48.9 Å². The molecule has 0 saturated heterocycles. The number of carbonyl (C=O) groups is 3.